The molecule has 9 heteroatoms. The molecule has 0 bridgehead atoms. The van der Waals surface area contributed by atoms with Gasteiger partial charge in [-0.1, -0.05) is 7.43 Å². The van der Waals surface area contributed by atoms with Gasteiger partial charge in [0, 0.05) is 37.4 Å². The van der Waals surface area contributed by atoms with Gasteiger partial charge in [0.1, 0.15) is 23.1 Å². The number of anilines is 2. The van der Waals surface area contributed by atoms with Crippen molar-refractivity contribution in [1.29, 1.82) is 0 Å². The lowest BCUT2D eigenvalue weighted by Gasteiger charge is -2.42. The van der Waals surface area contributed by atoms with Crippen LogP contribution in [-0.4, -0.2) is 40.4 Å². The average Bonchev–Trinajstić information content (AvgIpc) is 3.46. The Balaban J connectivity index is 0.00000252. The quantitative estimate of drug-likeness (QED) is 0.532. The molecule has 4 aliphatic rings. The van der Waals surface area contributed by atoms with Gasteiger partial charge >= 0.3 is 0 Å². The molecule has 5 heterocycles. The van der Waals surface area contributed by atoms with E-state index in [9.17, 15) is 8.78 Å². The smallest absolute Gasteiger partial charge is 0.156 e. The van der Waals surface area contributed by atoms with E-state index >= 15 is 0 Å². The van der Waals surface area contributed by atoms with Crippen LogP contribution in [0.15, 0.2) is 41.7 Å². The van der Waals surface area contributed by atoms with Crippen molar-refractivity contribution in [3.8, 4) is 0 Å². The van der Waals surface area contributed by atoms with E-state index < -0.39 is 11.9 Å². The number of fused-ring (bicyclic) bond motifs is 3. The zero-order chi connectivity index (χ0) is 24.4. The number of benzene rings is 1. The van der Waals surface area contributed by atoms with Crippen LogP contribution in [0.4, 0.5) is 20.3 Å². The van der Waals surface area contributed by atoms with Gasteiger partial charge in [-0.3, -0.25) is 9.98 Å². The maximum Gasteiger partial charge on any atom is 0.156 e. The Labute approximate surface area is 215 Å². The molecule has 1 aromatic carbocycles. The number of pyridine rings is 1. The standard InChI is InChI=1S/C27H27F2N7.CH4/c28-17-5-6-18(29)23-16(17)13-27(25(23)30)7-11-35(12-8-27)22-15-32-24-20(34-22)14-33-26(24)36-10-2-3-19-21(36)4-1-9-31-19;/h1,4-6,9,15,25H,2-3,7-8,10-14,30H2;1H4/t25-;/m0./s1. The molecule has 2 N–H and O–H groups in total. The first-order valence-electron chi connectivity index (χ1n) is 12.6. The summed E-state index contributed by atoms with van der Waals surface area (Å²) in [6, 6.07) is 5.97. The van der Waals surface area contributed by atoms with Gasteiger partial charge in [0.25, 0.3) is 0 Å². The lowest BCUT2D eigenvalue weighted by atomic mass is 9.73. The van der Waals surface area contributed by atoms with Crippen molar-refractivity contribution in [3.05, 3.63) is 76.5 Å². The Morgan fingerprint density at radius 1 is 1.00 bits per heavy atom. The molecule has 3 aliphatic heterocycles. The maximum absolute atomic E-state index is 14.5. The van der Waals surface area contributed by atoms with Gasteiger partial charge in [-0.15, -0.1) is 0 Å². The summed E-state index contributed by atoms with van der Waals surface area (Å²) in [4.78, 5) is 23.5. The van der Waals surface area contributed by atoms with E-state index in [2.05, 4.69) is 20.9 Å². The van der Waals surface area contributed by atoms with E-state index in [0.717, 1.165) is 79.7 Å². The average molecular weight is 504 g/mol. The minimum atomic E-state index is -0.491. The highest BCUT2D eigenvalue weighted by Gasteiger charge is 2.48. The lowest BCUT2D eigenvalue weighted by Crippen LogP contribution is -2.44. The van der Waals surface area contributed by atoms with E-state index in [4.69, 9.17) is 20.7 Å². The van der Waals surface area contributed by atoms with Crippen LogP contribution < -0.4 is 15.5 Å². The van der Waals surface area contributed by atoms with Gasteiger partial charge in [-0.05, 0) is 67.3 Å². The molecule has 1 fully saturated rings. The zero-order valence-electron chi connectivity index (χ0n) is 19.9. The van der Waals surface area contributed by atoms with Gasteiger partial charge < -0.3 is 15.5 Å². The summed E-state index contributed by atoms with van der Waals surface area (Å²) < 4.78 is 28.9. The Bertz CT molecular complexity index is 1400. The maximum atomic E-state index is 14.5. The molecule has 7 nitrogen and oxygen atoms in total. The monoisotopic (exact) mass is 503 g/mol. The minimum Gasteiger partial charge on any atom is -0.355 e. The number of nitrogens with zero attached hydrogens (tertiary/aromatic N) is 6. The first-order chi connectivity index (χ1) is 17.5. The molecule has 0 radical (unpaired) electrons. The fourth-order valence-corrected chi connectivity index (χ4v) is 6.48. The van der Waals surface area contributed by atoms with Crippen LogP contribution in [0.25, 0.3) is 0 Å². The van der Waals surface area contributed by atoms with Crippen molar-refractivity contribution in [2.75, 3.05) is 29.4 Å². The number of hydrogen-bond donors (Lipinski definition) is 1. The second kappa shape index (κ2) is 8.83. The van der Waals surface area contributed by atoms with Gasteiger partial charge in [0.15, 0.2) is 5.84 Å². The van der Waals surface area contributed by atoms with Crippen molar-refractivity contribution in [3.63, 3.8) is 0 Å². The number of aryl methyl sites for hydroxylation is 1. The van der Waals surface area contributed by atoms with Crippen LogP contribution in [0.2, 0.25) is 0 Å². The highest BCUT2D eigenvalue weighted by molar-refractivity contribution is 6.11. The van der Waals surface area contributed by atoms with Crippen molar-refractivity contribution >= 4 is 17.3 Å². The first kappa shape index (κ1) is 23.9. The second-order valence-corrected chi connectivity index (χ2v) is 10.3. The Kier molecular flexibility index (Phi) is 5.71. The molecule has 1 spiro atoms. The molecule has 7 rings (SSSR count). The molecule has 0 amide bonds. The molecule has 1 atom stereocenters. The molecule has 0 saturated carbocycles. The van der Waals surface area contributed by atoms with Gasteiger partial charge in [0.05, 0.1) is 29.8 Å². The predicted octanol–water partition coefficient (Wildman–Crippen LogP) is 4.34. The SMILES string of the molecule is C.N[C@H]1c2c(F)ccc(F)c2CC12CCN(c1cnc3c(n1)CN=C3N1CCCc3ncccc31)CC2. The van der Waals surface area contributed by atoms with Crippen molar-refractivity contribution in [1.82, 2.24) is 15.0 Å². The minimum absolute atomic E-state index is 0. The molecular formula is C28H31F2N7. The second-order valence-electron chi connectivity index (χ2n) is 10.3. The van der Waals surface area contributed by atoms with Gasteiger partial charge in [-0.2, -0.15) is 0 Å². The highest BCUT2D eigenvalue weighted by Crippen LogP contribution is 2.52. The lowest BCUT2D eigenvalue weighted by molar-refractivity contribution is 0.185. The number of halogens is 2. The summed E-state index contributed by atoms with van der Waals surface area (Å²) in [5.74, 6) is 0.940. The van der Waals surface area contributed by atoms with E-state index in [1.54, 1.807) is 0 Å². The number of nitrogens with two attached hydrogens (primary N) is 1. The van der Waals surface area contributed by atoms with Crippen LogP contribution >= 0.6 is 0 Å². The Morgan fingerprint density at radius 3 is 2.62 bits per heavy atom. The summed E-state index contributed by atoms with van der Waals surface area (Å²) in [5, 5.41) is 0. The van der Waals surface area contributed by atoms with E-state index in [-0.39, 0.29) is 18.7 Å². The summed E-state index contributed by atoms with van der Waals surface area (Å²) in [6.45, 7) is 2.83. The molecule has 37 heavy (non-hydrogen) atoms. The molecular weight excluding hydrogens is 472 g/mol. The Hall–Kier alpha value is -3.46. The molecule has 0 unspecified atom stereocenters. The van der Waals surface area contributed by atoms with Crippen LogP contribution in [0, 0.1) is 17.0 Å². The normalized spacial score (nSPS) is 21.3. The Morgan fingerprint density at radius 2 is 1.81 bits per heavy atom. The third-order valence-corrected chi connectivity index (χ3v) is 8.46. The topological polar surface area (TPSA) is 83.5 Å². The number of rotatable bonds is 1. The van der Waals surface area contributed by atoms with Crippen molar-refractivity contribution in [2.24, 2.45) is 16.1 Å². The fourth-order valence-electron chi connectivity index (χ4n) is 6.48. The van der Waals surface area contributed by atoms with Crippen LogP contribution in [-0.2, 0) is 19.4 Å². The number of aliphatic imine (C=N–C) groups is 1. The molecule has 192 valence electrons. The predicted molar refractivity (Wildman–Crippen MR) is 140 cm³/mol. The number of piperidine rings is 1. The van der Waals surface area contributed by atoms with Crippen LogP contribution in [0.1, 0.15) is 60.9 Å². The zero-order valence-corrected chi connectivity index (χ0v) is 19.9. The summed E-state index contributed by atoms with van der Waals surface area (Å²) in [6.07, 6.45) is 7.65. The molecule has 1 aliphatic carbocycles. The van der Waals surface area contributed by atoms with E-state index in [1.807, 2.05) is 18.5 Å². The van der Waals surface area contributed by atoms with Crippen LogP contribution in [0.5, 0.6) is 0 Å². The number of aromatic nitrogens is 3. The number of amidine groups is 1. The van der Waals surface area contributed by atoms with E-state index in [1.165, 1.54) is 12.1 Å². The fraction of sp³-hybridized carbons (Fsp3) is 0.429. The largest absolute Gasteiger partial charge is 0.355 e. The van der Waals surface area contributed by atoms with Crippen LogP contribution in [0.3, 0.4) is 0 Å². The van der Waals surface area contributed by atoms with Crippen molar-refractivity contribution in [2.45, 2.75) is 52.1 Å². The third-order valence-electron chi connectivity index (χ3n) is 8.46. The van der Waals surface area contributed by atoms with Gasteiger partial charge in [-0.25, -0.2) is 18.7 Å². The third kappa shape index (κ3) is 3.62. The molecule has 2 aromatic heterocycles. The van der Waals surface area contributed by atoms with E-state index in [0.29, 0.717) is 24.1 Å². The summed E-state index contributed by atoms with van der Waals surface area (Å²) in [5.41, 5.74) is 10.9. The highest BCUT2D eigenvalue weighted by atomic mass is 19.1. The summed E-state index contributed by atoms with van der Waals surface area (Å²) in [7, 11) is 0. The summed E-state index contributed by atoms with van der Waals surface area (Å²) >= 11 is 0. The number of hydrogen-bond acceptors (Lipinski definition) is 7. The molecule has 1 saturated heterocycles. The first-order valence-corrected chi connectivity index (χ1v) is 12.6. The van der Waals surface area contributed by atoms with Crippen molar-refractivity contribution < 1.29 is 8.78 Å². The van der Waals surface area contributed by atoms with Gasteiger partial charge in [0.2, 0.25) is 0 Å². The molecule has 3 aromatic rings.